The van der Waals surface area contributed by atoms with Gasteiger partial charge < -0.3 is 14.7 Å². The number of morpholine rings is 1. The molecule has 7 nitrogen and oxygen atoms in total. The summed E-state index contributed by atoms with van der Waals surface area (Å²) in [5, 5.41) is 11.3. The molecule has 2 saturated heterocycles. The monoisotopic (exact) mass is 285 g/mol. The van der Waals surface area contributed by atoms with E-state index in [0.717, 1.165) is 6.42 Å². The molecule has 114 valence electrons. The number of rotatable bonds is 3. The molecule has 0 aromatic heterocycles. The lowest BCUT2D eigenvalue weighted by molar-refractivity contribution is -0.152. The molecule has 20 heavy (non-hydrogen) atoms. The minimum Gasteiger partial charge on any atom is -0.481 e. The van der Waals surface area contributed by atoms with E-state index in [1.165, 1.54) is 0 Å². The van der Waals surface area contributed by atoms with E-state index >= 15 is 0 Å². The van der Waals surface area contributed by atoms with E-state index in [1.807, 2.05) is 11.9 Å². The van der Waals surface area contributed by atoms with Crippen molar-refractivity contribution in [3.8, 4) is 0 Å². The van der Waals surface area contributed by atoms with Gasteiger partial charge in [-0.15, -0.1) is 0 Å². The number of urea groups is 1. The summed E-state index contributed by atoms with van der Waals surface area (Å²) in [5.41, 5.74) is 2.05. The first kappa shape index (κ1) is 15.1. The zero-order valence-electron chi connectivity index (χ0n) is 11.9. The number of hydrogen-bond donors (Lipinski definition) is 2. The van der Waals surface area contributed by atoms with Gasteiger partial charge in [-0.2, -0.15) is 0 Å². The average molecular weight is 285 g/mol. The average Bonchev–Trinajstić information content (AvgIpc) is 2.48. The summed E-state index contributed by atoms with van der Waals surface area (Å²) in [6.07, 6.45) is 1.92. The number of carbonyl (C=O) groups excluding carboxylic acids is 1. The van der Waals surface area contributed by atoms with Crippen LogP contribution in [0.25, 0.3) is 0 Å². The summed E-state index contributed by atoms with van der Waals surface area (Å²) < 4.78 is 5.22. The van der Waals surface area contributed by atoms with E-state index in [9.17, 15) is 14.7 Å². The summed E-state index contributed by atoms with van der Waals surface area (Å²) >= 11 is 0. The quantitative estimate of drug-likeness (QED) is 0.790. The van der Waals surface area contributed by atoms with Crippen LogP contribution < -0.4 is 5.43 Å². The van der Waals surface area contributed by atoms with Crippen LogP contribution >= 0.6 is 0 Å². The summed E-state index contributed by atoms with van der Waals surface area (Å²) in [6, 6.07) is -0.203. The summed E-state index contributed by atoms with van der Waals surface area (Å²) in [7, 11) is 0. The molecule has 0 radical (unpaired) electrons. The third kappa shape index (κ3) is 3.21. The van der Waals surface area contributed by atoms with Crippen LogP contribution in [-0.2, 0) is 9.53 Å². The van der Waals surface area contributed by atoms with Gasteiger partial charge in [-0.05, 0) is 19.3 Å². The first-order chi connectivity index (χ1) is 9.57. The van der Waals surface area contributed by atoms with Gasteiger partial charge in [-0.3, -0.25) is 10.2 Å². The van der Waals surface area contributed by atoms with E-state index in [2.05, 4.69) is 5.43 Å². The standard InChI is InChI=1S/C13H23N3O4/c1-2-13(11(17)18)4-3-5-15(10-13)12(19)14-16-6-8-20-9-7-16/h2-10H2,1H3,(H,14,19)(H,17,18). The molecular weight excluding hydrogens is 262 g/mol. The number of amides is 2. The van der Waals surface area contributed by atoms with E-state index in [-0.39, 0.29) is 12.6 Å². The fraction of sp³-hybridized carbons (Fsp3) is 0.846. The number of carboxylic acids is 1. The van der Waals surface area contributed by atoms with Crippen molar-refractivity contribution in [2.45, 2.75) is 26.2 Å². The van der Waals surface area contributed by atoms with Crippen molar-refractivity contribution in [2.75, 3.05) is 39.4 Å². The molecule has 2 heterocycles. The number of likely N-dealkylation sites (tertiary alicyclic amines) is 1. The van der Waals surface area contributed by atoms with Crippen LogP contribution in [-0.4, -0.2) is 66.4 Å². The lowest BCUT2D eigenvalue weighted by atomic mass is 9.78. The SMILES string of the molecule is CCC1(C(=O)O)CCCN(C(=O)NN2CCOCC2)C1. The highest BCUT2D eigenvalue weighted by Gasteiger charge is 2.42. The largest absolute Gasteiger partial charge is 0.481 e. The normalized spacial score (nSPS) is 28.1. The number of aliphatic carboxylic acids is 1. The molecule has 2 amide bonds. The van der Waals surface area contributed by atoms with Crippen LogP contribution in [0.5, 0.6) is 0 Å². The Hall–Kier alpha value is -1.34. The molecule has 2 aliphatic rings. The summed E-state index contributed by atoms with van der Waals surface area (Å²) in [4.78, 5) is 25.3. The van der Waals surface area contributed by atoms with Crippen molar-refractivity contribution in [1.29, 1.82) is 0 Å². The van der Waals surface area contributed by atoms with E-state index < -0.39 is 11.4 Å². The Balaban J connectivity index is 1.93. The lowest BCUT2D eigenvalue weighted by Gasteiger charge is -2.40. The predicted molar refractivity (Wildman–Crippen MR) is 72.1 cm³/mol. The van der Waals surface area contributed by atoms with Gasteiger partial charge in [-0.1, -0.05) is 6.92 Å². The van der Waals surface area contributed by atoms with Gasteiger partial charge in [-0.25, -0.2) is 9.80 Å². The molecule has 2 rings (SSSR count). The van der Waals surface area contributed by atoms with Crippen molar-refractivity contribution in [2.24, 2.45) is 5.41 Å². The molecule has 0 bridgehead atoms. The maximum absolute atomic E-state index is 12.2. The molecule has 1 atom stereocenters. The Morgan fingerprint density at radius 1 is 1.30 bits per heavy atom. The van der Waals surface area contributed by atoms with Crippen molar-refractivity contribution >= 4 is 12.0 Å². The zero-order chi connectivity index (χ0) is 14.6. The molecule has 0 aromatic carbocycles. The third-order valence-electron chi connectivity index (χ3n) is 4.26. The lowest BCUT2D eigenvalue weighted by Crippen LogP contribution is -2.57. The van der Waals surface area contributed by atoms with Crippen LogP contribution in [0.4, 0.5) is 4.79 Å². The number of carboxylic acid groups (broad SMARTS) is 1. The smallest absolute Gasteiger partial charge is 0.331 e. The zero-order valence-corrected chi connectivity index (χ0v) is 11.9. The second-order valence-corrected chi connectivity index (χ2v) is 5.48. The van der Waals surface area contributed by atoms with Crippen molar-refractivity contribution < 1.29 is 19.4 Å². The number of ether oxygens (including phenoxy) is 1. The molecule has 1 unspecified atom stereocenters. The highest BCUT2D eigenvalue weighted by molar-refractivity contribution is 5.78. The molecule has 0 saturated carbocycles. The van der Waals surface area contributed by atoms with Crippen molar-refractivity contribution in [1.82, 2.24) is 15.3 Å². The molecule has 7 heteroatoms. The van der Waals surface area contributed by atoms with Gasteiger partial charge in [0, 0.05) is 26.2 Å². The van der Waals surface area contributed by atoms with Crippen LogP contribution in [0.1, 0.15) is 26.2 Å². The Morgan fingerprint density at radius 3 is 2.60 bits per heavy atom. The van der Waals surface area contributed by atoms with Gasteiger partial charge in [0.1, 0.15) is 0 Å². The fourth-order valence-electron chi connectivity index (χ4n) is 2.80. The Bertz CT molecular complexity index is 371. The second kappa shape index (κ2) is 6.41. The molecule has 0 spiro atoms. The Morgan fingerprint density at radius 2 is 2.00 bits per heavy atom. The molecular formula is C13H23N3O4. The highest BCUT2D eigenvalue weighted by Crippen LogP contribution is 2.33. The van der Waals surface area contributed by atoms with Gasteiger partial charge in [0.25, 0.3) is 0 Å². The maximum atomic E-state index is 12.2. The fourth-order valence-corrected chi connectivity index (χ4v) is 2.80. The summed E-state index contributed by atoms with van der Waals surface area (Å²) in [5.74, 6) is -0.802. The van der Waals surface area contributed by atoms with E-state index in [0.29, 0.717) is 45.7 Å². The third-order valence-corrected chi connectivity index (χ3v) is 4.26. The number of nitrogens with one attached hydrogen (secondary N) is 1. The first-order valence-electron chi connectivity index (χ1n) is 7.19. The number of carbonyl (C=O) groups is 2. The highest BCUT2D eigenvalue weighted by atomic mass is 16.5. The van der Waals surface area contributed by atoms with E-state index in [1.54, 1.807) is 4.90 Å². The maximum Gasteiger partial charge on any atom is 0.331 e. The topological polar surface area (TPSA) is 82.1 Å². The van der Waals surface area contributed by atoms with Crippen LogP contribution in [0, 0.1) is 5.41 Å². The second-order valence-electron chi connectivity index (χ2n) is 5.48. The van der Waals surface area contributed by atoms with Gasteiger partial charge in [0.15, 0.2) is 0 Å². The van der Waals surface area contributed by atoms with Gasteiger partial charge in [0.2, 0.25) is 0 Å². The number of piperidine rings is 1. The Kier molecular flexibility index (Phi) is 4.82. The van der Waals surface area contributed by atoms with Crippen LogP contribution in [0.15, 0.2) is 0 Å². The minimum absolute atomic E-state index is 0.203. The van der Waals surface area contributed by atoms with Crippen molar-refractivity contribution in [3.05, 3.63) is 0 Å². The molecule has 2 fully saturated rings. The van der Waals surface area contributed by atoms with E-state index in [4.69, 9.17) is 4.74 Å². The molecule has 2 aliphatic heterocycles. The van der Waals surface area contributed by atoms with Crippen LogP contribution in [0.2, 0.25) is 0 Å². The molecule has 0 aliphatic carbocycles. The number of hydrazine groups is 1. The Labute approximate surface area is 118 Å². The molecule has 2 N–H and O–H groups in total. The minimum atomic E-state index is -0.802. The molecule has 0 aromatic rings. The number of hydrogen-bond acceptors (Lipinski definition) is 4. The predicted octanol–water partition coefficient (Wildman–Crippen LogP) is 0.520. The van der Waals surface area contributed by atoms with Crippen molar-refractivity contribution in [3.63, 3.8) is 0 Å². The number of nitrogens with zero attached hydrogens (tertiary/aromatic N) is 2. The van der Waals surface area contributed by atoms with Gasteiger partial charge >= 0.3 is 12.0 Å². The van der Waals surface area contributed by atoms with Crippen LogP contribution in [0.3, 0.4) is 0 Å². The van der Waals surface area contributed by atoms with Gasteiger partial charge in [0.05, 0.1) is 18.6 Å². The summed E-state index contributed by atoms with van der Waals surface area (Å²) in [6.45, 7) is 5.31. The first-order valence-corrected chi connectivity index (χ1v) is 7.19.